The minimum atomic E-state index is 0.266. The molecule has 0 aliphatic carbocycles. The molecule has 0 heterocycles. The minimum absolute atomic E-state index is 0.266. The van der Waals surface area contributed by atoms with Crippen LogP contribution in [0.2, 0.25) is 0 Å². The lowest BCUT2D eigenvalue weighted by molar-refractivity contribution is 0.425. The Hall–Kier alpha value is -1.24. The number of hydrogen-bond acceptors (Lipinski definition) is 1. The summed E-state index contributed by atoms with van der Waals surface area (Å²) < 4.78 is 0. The van der Waals surface area contributed by atoms with Crippen molar-refractivity contribution in [2.75, 3.05) is 0 Å². The molecule has 0 fully saturated rings. The molecule has 0 aliphatic heterocycles. The van der Waals surface area contributed by atoms with Crippen LogP contribution in [-0.4, -0.2) is 5.11 Å². The molecule has 0 aliphatic rings. The normalized spacial score (nSPS) is 12.8. The summed E-state index contributed by atoms with van der Waals surface area (Å²) in [7, 11) is 0. The number of aliphatic hydroxyl groups excluding tert-OH is 1. The van der Waals surface area contributed by atoms with Crippen molar-refractivity contribution in [1.82, 2.24) is 0 Å². The third-order valence-corrected chi connectivity index (χ3v) is 1.35. The van der Waals surface area contributed by atoms with Gasteiger partial charge in [0.15, 0.2) is 0 Å². The Morgan fingerprint density at radius 2 is 2.09 bits per heavy atom. The molecule has 0 saturated heterocycles. The SMILES string of the molecule is C=C/C=C\C(O)=C(/C=C)CC. The van der Waals surface area contributed by atoms with E-state index in [4.69, 9.17) is 0 Å². The molecule has 0 aromatic heterocycles. The van der Waals surface area contributed by atoms with Gasteiger partial charge in [-0.15, -0.1) is 0 Å². The maximum absolute atomic E-state index is 9.31. The van der Waals surface area contributed by atoms with Crippen LogP contribution < -0.4 is 0 Å². The van der Waals surface area contributed by atoms with E-state index in [1.807, 2.05) is 6.92 Å². The highest BCUT2D eigenvalue weighted by Crippen LogP contribution is 2.07. The van der Waals surface area contributed by atoms with Gasteiger partial charge in [-0.1, -0.05) is 38.3 Å². The minimum Gasteiger partial charge on any atom is -0.508 e. The summed E-state index contributed by atoms with van der Waals surface area (Å²) in [5.41, 5.74) is 0.850. The second kappa shape index (κ2) is 5.54. The zero-order valence-electron chi connectivity index (χ0n) is 6.88. The van der Waals surface area contributed by atoms with Crippen LogP contribution in [0.1, 0.15) is 13.3 Å². The zero-order valence-corrected chi connectivity index (χ0v) is 6.88. The first-order valence-corrected chi connectivity index (χ1v) is 3.59. The number of hydrogen-bond donors (Lipinski definition) is 1. The Labute approximate surface area is 68.1 Å². The van der Waals surface area contributed by atoms with Crippen molar-refractivity contribution in [3.63, 3.8) is 0 Å². The zero-order chi connectivity index (χ0) is 8.69. The summed E-state index contributed by atoms with van der Waals surface area (Å²) in [6.45, 7) is 9.05. The fourth-order valence-electron chi connectivity index (χ4n) is 0.696. The van der Waals surface area contributed by atoms with Crippen LogP contribution >= 0.6 is 0 Å². The van der Waals surface area contributed by atoms with Crippen molar-refractivity contribution in [1.29, 1.82) is 0 Å². The van der Waals surface area contributed by atoms with Crippen LogP contribution in [0.15, 0.2) is 48.8 Å². The van der Waals surface area contributed by atoms with Crippen LogP contribution in [0.4, 0.5) is 0 Å². The summed E-state index contributed by atoms with van der Waals surface area (Å²) in [6.07, 6.45) is 7.36. The predicted octanol–water partition coefficient (Wildman–Crippen LogP) is 3.14. The summed E-state index contributed by atoms with van der Waals surface area (Å²) in [5.74, 6) is 0.266. The third-order valence-electron chi connectivity index (χ3n) is 1.35. The van der Waals surface area contributed by atoms with Gasteiger partial charge >= 0.3 is 0 Å². The standard InChI is InChI=1S/C10H14O/c1-4-7-8-10(11)9(5-2)6-3/h4-5,7-8,11H,1-2,6H2,3H3/b8-7-,10-9-. The number of allylic oxidation sites excluding steroid dienone is 5. The molecule has 0 aromatic carbocycles. The van der Waals surface area contributed by atoms with Gasteiger partial charge in [-0.05, 0) is 18.1 Å². The predicted molar refractivity (Wildman–Crippen MR) is 49.5 cm³/mol. The van der Waals surface area contributed by atoms with Crippen LogP contribution in [-0.2, 0) is 0 Å². The molecule has 1 N–H and O–H groups in total. The molecular formula is C10H14O. The Kier molecular flexibility index (Phi) is 4.91. The molecule has 0 saturated carbocycles. The maximum atomic E-state index is 9.31. The van der Waals surface area contributed by atoms with E-state index in [0.717, 1.165) is 12.0 Å². The van der Waals surface area contributed by atoms with Gasteiger partial charge in [0.05, 0.1) is 0 Å². The average Bonchev–Trinajstić information content (AvgIpc) is 2.03. The van der Waals surface area contributed by atoms with Crippen molar-refractivity contribution in [3.8, 4) is 0 Å². The third kappa shape index (κ3) is 3.46. The van der Waals surface area contributed by atoms with Gasteiger partial charge in [0.1, 0.15) is 5.76 Å². The largest absolute Gasteiger partial charge is 0.508 e. The first kappa shape index (κ1) is 9.76. The molecule has 11 heavy (non-hydrogen) atoms. The molecule has 0 bridgehead atoms. The van der Waals surface area contributed by atoms with E-state index < -0.39 is 0 Å². The molecule has 0 rings (SSSR count). The second-order valence-electron chi connectivity index (χ2n) is 2.06. The smallest absolute Gasteiger partial charge is 0.118 e. The van der Waals surface area contributed by atoms with E-state index in [0.29, 0.717) is 0 Å². The molecule has 0 atom stereocenters. The Balaban J connectivity index is 4.46. The van der Waals surface area contributed by atoms with E-state index >= 15 is 0 Å². The molecule has 0 spiro atoms. The van der Waals surface area contributed by atoms with Gasteiger partial charge in [-0.2, -0.15) is 0 Å². The summed E-state index contributed by atoms with van der Waals surface area (Å²) in [4.78, 5) is 0. The molecular weight excluding hydrogens is 136 g/mol. The highest BCUT2D eigenvalue weighted by atomic mass is 16.3. The second-order valence-corrected chi connectivity index (χ2v) is 2.06. The van der Waals surface area contributed by atoms with Crippen molar-refractivity contribution in [2.24, 2.45) is 0 Å². The lowest BCUT2D eigenvalue weighted by Crippen LogP contribution is -1.82. The topological polar surface area (TPSA) is 20.2 Å². The lowest BCUT2D eigenvalue weighted by Gasteiger charge is -1.97. The van der Waals surface area contributed by atoms with Gasteiger partial charge in [0.2, 0.25) is 0 Å². The summed E-state index contributed by atoms with van der Waals surface area (Å²) >= 11 is 0. The van der Waals surface area contributed by atoms with Crippen molar-refractivity contribution in [2.45, 2.75) is 13.3 Å². The van der Waals surface area contributed by atoms with E-state index in [-0.39, 0.29) is 5.76 Å². The molecule has 1 nitrogen and oxygen atoms in total. The molecule has 60 valence electrons. The van der Waals surface area contributed by atoms with E-state index in [1.165, 1.54) is 0 Å². The molecule has 0 unspecified atom stereocenters. The van der Waals surface area contributed by atoms with E-state index in [1.54, 1.807) is 24.3 Å². The first-order chi connectivity index (χ1) is 5.26. The van der Waals surface area contributed by atoms with Crippen molar-refractivity contribution >= 4 is 0 Å². The molecule has 0 amide bonds. The Morgan fingerprint density at radius 1 is 1.45 bits per heavy atom. The fourth-order valence-corrected chi connectivity index (χ4v) is 0.696. The van der Waals surface area contributed by atoms with E-state index in [9.17, 15) is 5.11 Å². The first-order valence-electron chi connectivity index (χ1n) is 3.59. The van der Waals surface area contributed by atoms with Gasteiger partial charge in [-0.25, -0.2) is 0 Å². The van der Waals surface area contributed by atoms with Crippen LogP contribution in [0.3, 0.4) is 0 Å². The Bertz CT molecular complexity index is 197. The molecule has 0 radical (unpaired) electrons. The van der Waals surface area contributed by atoms with E-state index in [2.05, 4.69) is 13.2 Å². The van der Waals surface area contributed by atoms with Crippen LogP contribution in [0, 0.1) is 0 Å². The van der Waals surface area contributed by atoms with Crippen molar-refractivity contribution in [3.05, 3.63) is 48.8 Å². The van der Waals surface area contributed by atoms with Crippen LogP contribution in [0.5, 0.6) is 0 Å². The van der Waals surface area contributed by atoms with Gasteiger partial charge in [0, 0.05) is 0 Å². The number of rotatable bonds is 4. The maximum Gasteiger partial charge on any atom is 0.118 e. The fraction of sp³-hybridized carbons (Fsp3) is 0.200. The average molecular weight is 150 g/mol. The molecule has 1 heteroatoms. The highest BCUT2D eigenvalue weighted by molar-refractivity contribution is 5.27. The lowest BCUT2D eigenvalue weighted by atomic mass is 10.1. The quantitative estimate of drug-likeness (QED) is 0.482. The van der Waals surface area contributed by atoms with Crippen LogP contribution in [0.25, 0.3) is 0 Å². The highest BCUT2D eigenvalue weighted by Gasteiger charge is 1.93. The molecule has 0 aromatic rings. The summed E-state index contributed by atoms with van der Waals surface area (Å²) in [5, 5.41) is 9.31. The monoisotopic (exact) mass is 150 g/mol. The number of aliphatic hydroxyl groups is 1. The van der Waals surface area contributed by atoms with Gasteiger partial charge in [0.25, 0.3) is 0 Å². The Morgan fingerprint density at radius 3 is 2.45 bits per heavy atom. The van der Waals surface area contributed by atoms with Gasteiger partial charge in [-0.3, -0.25) is 0 Å². The van der Waals surface area contributed by atoms with Gasteiger partial charge < -0.3 is 5.11 Å². The summed E-state index contributed by atoms with van der Waals surface area (Å²) in [6, 6.07) is 0. The van der Waals surface area contributed by atoms with Crippen molar-refractivity contribution < 1.29 is 5.11 Å².